The number of carbonyl (C=O) groups is 3. The van der Waals surface area contributed by atoms with E-state index in [1.165, 1.54) is 29.2 Å². The van der Waals surface area contributed by atoms with Crippen LogP contribution in [-0.2, 0) is 14.3 Å². The van der Waals surface area contributed by atoms with E-state index in [0.29, 0.717) is 39.0 Å². The highest BCUT2D eigenvalue weighted by molar-refractivity contribution is 6.40. The molecule has 1 aromatic rings. The molecule has 12 nitrogen and oxygen atoms in total. The van der Waals surface area contributed by atoms with Crippen molar-refractivity contribution in [2.75, 3.05) is 51.7 Å². The summed E-state index contributed by atoms with van der Waals surface area (Å²) in [6.45, 7) is 5.47. The summed E-state index contributed by atoms with van der Waals surface area (Å²) in [4.78, 5) is 48.4. The van der Waals surface area contributed by atoms with Crippen molar-refractivity contribution in [3.8, 4) is 5.75 Å². The Morgan fingerprint density at radius 3 is 1.91 bits per heavy atom. The number of likely N-dealkylation sites (N-methyl/N-ethyl adjacent to an activating group) is 1. The Morgan fingerprint density at radius 1 is 0.971 bits per heavy atom. The summed E-state index contributed by atoms with van der Waals surface area (Å²) in [5.74, 6) is -0.0340. The molecule has 14 heteroatoms. The highest BCUT2D eigenvalue weighted by Gasteiger charge is 2.15. The maximum absolute atomic E-state index is 12.0. The molecule has 1 rings (SSSR count). The van der Waals surface area contributed by atoms with Crippen LogP contribution < -0.4 is 16.2 Å². The molecule has 2 amide bonds. The molecule has 200 valence electrons. The van der Waals surface area contributed by atoms with E-state index in [0.717, 1.165) is 0 Å². The molecule has 0 saturated carbocycles. The van der Waals surface area contributed by atoms with Gasteiger partial charge in [-0.15, -0.1) is 23.2 Å². The first kappa shape index (κ1) is 34.5. The maximum Gasteiger partial charge on any atom is 0.513 e. The number of non-ortho nitro benzene ring substituents is 1. The first-order chi connectivity index (χ1) is 16.6. The molecule has 0 spiro atoms. The van der Waals surface area contributed by atoms with E-state index in [9.17, 15) is 24.5 Å². The number of ether oxygens (including phenoxy) is 2. The normalized spacial score (nSPS) is 9.46. The molecule has 0 unspecified atom stereocenters. The molecule has 0 aliphatic heterocycles. The Bertz CT molecular complexity index is 752. The van der Waals surface area contributed by atoms with Gasteiger partial charge in [0.05, 0.1) is 16.8 Å². The van der Waals surface area contributed by atoms with Crippen molar-refractivity contribution in [2.45, 2.75) is 26.7 Å². The predicted octanol–water partition coefficient (Wildman–Crippen LogP) is 2.54. The van der Waals surface area contributed by atoms with E-state index in [1.54, 1.807) is 25.8 Å². The van der Waals surface area contributed by atoms with Gasteiger partial charge >= 0.3 is 6.16 Å². The van der Waals surface area contributed by atoms with E-state index in [4.69, 9.17) is 44.1 Å². The Hall–Kier alpha value is -2.67. The predicted molar refractivity (Wildman–Crippen MR) is 135 cm³/mol. The molecule has 0 aliphatic rings. The number of hydrogen-bond acceptors (Lipinski definition) is 9. The average molecular weight is 540 g/mol. The van der Waals surface area contributed by atoms with E-state index in [2.05, 4.69) is 0 Å². The van der Waals surface area contributed by atoms with Crippen LogP contribution in [0.1, 0.15) is 26.7 Å². The lowest BCUT2D eigenvalue weighted by molar-refractivity contribution is -0.384. The molecule has 0 radical (unpaired) electrons. The van der Waals surface area contributed by atoms with Gasteiger partial charge in [-0.25, -0.2) is 4.79 Å². The first-order valence-electron chi connectivity index (χ1n) is 10.7. The standard InChI is InChI=1S/C18H25N3O7.C2H8N2.CH2Cl2/c1-4-16(22)19(3)10-11-20(17(23)5-2)12-13-27-18(24)28-15-8-6-14(7-9-15)21(25)26;3-1-2-4;2-1-3/h6-9H,4-5,10-13H2,1-3H3;1-4H2;1H2. The number of amides is 2. The quantitative estimate of drug-likeness (QED) is 0.141. The second kappa shape index (κ2) is 21.8. The second-order valence-corrected chi connectivity index (χ2v) is 7.34. The molecule has 0 aromatic heterocycles. The van der Waals surface area contributed by atoms with Crippen LogP contribution in [0, 0.1) is 10.1 Å². The van der Waals surface area contributed by atoms with Crippen LogP contribution in [-0.4, -0.2) is 84.4 Å². The van der Waals surface area contributed by atoms with E-state index >= 15 is 0 Å². The topological polar surface area (TPSA) is 171 Å². The molecular formula is C21H35Cl2N5O7. The van der Waals surface area contributed by atoms with Crippen LogP contribution in [0.3, 0.4) is 0 Å². The summed E-state index contributed by atoms with van der Waals surface area (Å²) in [5, 5.41) is 10.8. The van der Waals surface area contributed by atoms with E-state index < -0.39 is 11.1 Å². The highest BCUT2D eigenvalue weighted by Crippen LogP contribution is 2.17. The van der Waals surface area contributed by atoms with Gasteiger partial charge in [0.1, 0.15) is 12.4 Å². The Kier molecular flexibility index (Phi) is 21.5. The lowest BCUT2D eigenvalue weighted by atomic mass is 10.3. The van der Waals surface area contributed by atoms with Gasteiger partial charge in [-0.1, -0.05) is 13.8 Å². The molecule has 0 bridgehead atoms. The average Bonchev–Trinajstić information content (AvgIpc) is 2.85. The van der Waals surface area contributed by atoms with Gasteiger partial charge < -0.3 is 30.7 Å². The molecule has 4 N–H and O–H groups in total. The number of carbonyl (C=O) groups excluding carboxylic acids is 3. The van der Waals surface area contributed by atoms with Crippen LogP contribution in [0.2, 0.25) is 0 Å². The largest absolute Gasteiger partial charge is 0.513 e. The fourth-order valence-corrected chi connectivity index (χ4v) is 2.25. The Balaban J connectivity index is 0. The van der Waals surface area contributed by atoms with Gasteiger partial charge in [-0.3, -0.25) is 19.7 Å². The third kappa shape index (κ3) is 17.4. The molecule has 0 aliphatic carbocycles. The lowest BCUT2D eigenvalue weighted by Crippen LogP contribution is -2.40. The van der Waals surface area contributed by atoms with Crippen LogP contribution >= 0.6 is 23.2 Å². The van der Waals surface area contributed by atoms with Crippen LogP contribution in [0.4, 0.5) is 10.5 Å². The summed E-state index contributed by atoms with van der Waals surface area (Å²) in [5.41, 5.74) is 9.68. The number of alkyl halides is 2. The number of halogens is 2. The Labute approximate surface area is 215 Å². The summed E-state index contributed by atoms with van der Waals surface area (Å²) in [6, 6.07) is 4.98. The zero-order valence-electron chi connectivity index (χ0n) is 20.3. The number of nitrogens with zero attached hydrogens (tertiary/aromatic N) is 3. The molecule has 0 saturated heterocycles. The fourth-order valence-electron chi connectivity index (χ4n) is 2.25. The van der Waals surface area contributed by atoms with Crippen molar-refractivity contribution in [3.05, 3.63) is 34.4 Å². The third-order valence-electron chi connectivity index (χ3n) is 4.09. The van der Waals surface area contributed by atoms with Crippen molar-refractivity contribution >= 4 is 46.9 Å². The van der Waals surface area contributed by atoms with Crippen molar-refractivity contribution in [2.24, 2.45) is 11.5 Å². The van der Waals surface area contributed by atoms with Gasteiger partial charge in [0.2, 0.25) is 11.8 Å². The number of nitrogens with two attached hydrogens (primary N) is 2. The minimum atomic E-state index is -0.976. The highest BCUT2D eigenvalue weighted by atomic mass is 35.5. The minimum Gasteiger partial charge on any atom is -0.432 e. The lowest BCUT2D eigenvalue weighted by Gasteiger charge is -2.25. The maximum atomic E-state index is 12.0. The van der Waals surface area contributed by atoms with Crippen LogP contribution in [0.5, 0.6) is 5.75 Å². The van der Waals surface area contributed by atoms with Crippen molar-refractivity contribution in [1.29, 1.82) is 0 Å². The van der Waals surface area contributed by atoms with Gasteiger partial charge in [-0.05, 0) is 12.1 Å². The van der Waals surface area contributed by atoms with E-state index in [-0.39, 0.29) is 41.7 Å². The monoisotopic (exact) mass is 539 g/mol. The number of nitro groups is 1. The number of hydrogen-bond donors (Lipinski definition) is 2. The summed E-state index contributed by atoms with van der Waals surface area (Å²) in [7, 11) is 1.67. The zero-order valence-corrected chi connectivity index (χ0v) is 21.8. The Morgan fingerprint density at radius 2 is 1.49 bits per heavy atom. The summed E-state index contributed by atoms with van der Waals surface area (Å²) >= 11 is 9.53. The van der Waals surface area contributed by atoms with Gasteiger partial charge in [0.25, 0.3) is 5.69 Å². The van der Waals surface area contributed by atoms with Crippen LogP contribution in [0.15, 0.2) is 24.3 Å². The minimum absolute atomic E-state index is 0.0215. The summed E-state index contributed by atoms with van der Waals surface area (Å²) in [6.07, 6.45) is -0.301. The van der Waals surface area contributed by atoms with Crippen molar-refractivity contribution in [1.82, 2.24) is 9.80 Å². The summed E-state index contributed by atoms with van der Waals surface area (Å²) < 4.78 is 9.88. The fraction of sp³-hybridized carbons (Fsp3) is 0.571. The number of rotatable bonds is 11. The molecule has 1 aromatic carbocycles. The molecule has 0 fully saturated rings. The molecular weight excluding hydrogens is 505 g/mol. The smallest absolute Gasteiger partial charge is 0.432 e. The van der Waals surface area contributed by atoms with E-state index in [1.807, 2.05) is 0 Å². The number of benzene rings is 1. The third-order valence-corrected chi connectivity index (χ3v) is 4.09. The molecule has 35 heavy (non-hydrogen) atoms. The van der Waals surface area contributed by atoms with Gasteiger partial charge in [-0.2, -0.15) is 0 Å². The SMILES string of the molecule is CCC(=O)N(C)CCN(CCOC(=O)Oc1ccc([N+](=O)[O-])cc1)C(=O)CC.ClCCl.NCCN. The van der Waals surface area contributed by atoms with Crippen molar-refractivity contribution < 1.29 is 28.8 Å². The zero-order chi connectivity index (χ0) is 27.2. The van der Waals surface area contributed by atoms with Gasteiger partial charge in [0, 0.05) is 58.2 Å². The van der Waals surface area contributed by atoms with Crippen molar-refractivity contribution in [3.63, 3.8) is 0 Å². The van der Waals surface area contributed by atoms with Crippen LogP contribution in [0.25, 0.3) is 0 Å². The first-order valence-corrected chi connectivity index (χ1v) is 11.8. The van der Waals surface area contributed by atoms with Gasteiger partial charge in [0.15, 0.2) is 0 Å². The number of nitro benzene ring substituents is 1. The second-order valence-electron chi connectivity index (χ2n) is 6.53. The molecule has 0 heterocycles. The molecule has 0 atom stereocenters.